The number of hydrogen-bond acceptors (Lipinski definition) is 4. The quantitative estimate of drug-likeness (QED) is 0.903. The molecule has 0 aliphatic carbocycles. The van der Waals surface area contributed by atoms with Gasteiger partial charge in [0.15, 0.2) is 0 Å². The molecule has 18 heavy (non-hydrogen) atoms. The molecular weight excluding hydrogens is 272 g/mol. The second-order valence-electron chi connectivity index (χ2n) is 3.80. The summed E-state index contributed by atoms with van der Waals surface area (Å²) in [7, 11) is 0. The van der Waals surface area contributed by atoms with Crippen molar-refractivity contribution in [2.24, 2.45) is 5.73 Å². The van der Waals surface area contributed by atoms with E-state index in [-0.39, 0.29) is 6.42 Å². The number of halogens is 1. The average molecular weight is 283 g/mol. The van der Waals surface area contributed by atoms with Crippen LogP contribution >= 0.6 is 22.9 Å². The van der Waals surface area contributed by atoms with Gasteiger partial charge in [-0.05, 0) is 12.1 Å². The fraction of sp³-hybridized carbons (Fsp3) is 0.167. The fourth-order valence-electron chi connectivity index (χ4n) is 1.44. The van der Waals surface area contributed by atoms with Gasteiger partial charge in [-0.15, -0.1) is 11.3 Å². The summed E-state index contributed by atoms with van der Waals surface area (Å²) in [6.07, 6.45) is 0.236. The van der Waals surface area contributed by atoms with Crippen LogP contribution in [0.5, 0.6) is 0 Å². The number of thiazole rings is 1. The van der Waals surface area contributed by atoms with E-state index in [1.54, 1.807) is 12.1 Å². The molecular formula is C12H11ClN2O2S. The number of benzene rings is 1. The SMILES string of the molecule is NC(Cc1csc(-c2ccc(Cl)cc2)n1)C(=O)O. The summed E-state index contributed by atoms with van der Waals surface area (Å²) in [6, 6.07) is 6.43. The molecule has 1 atom stereocenters. The van der Waals surface area contributed by atoms with Gasteiger partial charge in [0, 0.05) is 22.4 Å². The Kier molecular flexibility index (Phi) is 3.96. The summed E-state index contributed by atoms with van der Waals surface area (Å²) in [5, 5.41) is 12.1. The summed E-state index contributed by atoms with van der Waals surface area (Å²) < 4.78 is 0. The zero-order valence-electron chi connectivity index (χ0n) is 9.34. The van der Waals surface area contributed by atoms with Crippen LogP contribution in [0.15, 0.2) is 29.6 Å². The van der Waals surface area contributed by atoms with Crippen molar-refractivity contribution in [2.45, 2.75) is 12.5 Å². The first-order chi connectivity index (χ1) is 8.56. The minimum Gasteiger partial charge on any atom is -0.480 e. The summed E-state index contributed by atoms with van der Waals surface area (Å²) in [5.74, 6) is -1.02. The van der Waals surface area contributed by atoms with Crippen LogP contribution in [0.3, 0.4) is 0 Å². The third kappa shape index (κ3) is 3.07. The van der Waals surface area contributed by atoms with E-state index in [1.165, 1.54) is 11.3 Å². The smallest absolute Gasteiger partial charge is 0.320 e. The Hall–Kier alpha value is -1.43. The van der Waals surface area contributed by atoms with Crippen LogP contribution in [-0.4, -0.2) is 22.1 Å². The highest BCUT2D eigenvalue weighted by atomic mass is 35.5. The molecule has 0 fully saturated rings. The van der Waals surface area contributed by atoms with Crippen molar-refractivity contribution in [1.82, 2.24) is 4.98 Å². The molecule has 2 aromatic rings. The summed E-state index contributed by atoms with van der Waals surface area (Å²) in [5.41, 5.74) is 7.12. The van der Waals surface area contributed by atoms with Gasteiger partial charge in [0.25, 0.3) is 0 Å². The first kappa shape index (κ1) is 13.0. The number of nitrogens with two attached hydrogens (primary N) is 1. The molecule has 4 nitrogen and oxygen atoms in total. The van der Waals surface area contributed by atoms with Crippen LogP contribution in [0, 0.1) is 0 Å². The third-order valence-electron chi connectivity index (χ3n) is 2.39. The molecule has 94 valence electrons. The molecule has 0 amide bonds. The number of carbonyl (C=O) groups is 1. The number of nitrogens with zero attached hydrogens (tertiary/aromatic N) is 1. The lowest BCUT2D eigenvalue weighted by Crippen LogP contribution is -2.32. The van der Waals surface area contributed by atoms with Gasteiger partial charge in [-0.25, -0.2) is 4.98 Å². The second-order valence-corrected chi connectivity index (χ2v) is 5.09. The van der Waals surface area contributed by atoms with Gasteiger partial charge in [0.05, 0.1) is 5.69 Å². The number of hydrogen-bond donors (Lipinski definition) is 2. The van der Waals surface area contributed by atoms with Crippen LogP contribution in [0.1, 0.15) is 5.69 Å². The molecule has 0 bridgehead atoms. The van der Waals surface area contributed by atoms with E-state index in [1.807, 2.05) is 17.5 Å². The molecule has 0 spiro atoms. The van der Waals surface area contributed by atoms with Gasteiger partial charge >= 0.3 is 5.97 Å². The van der Waals surface area contributed by atoms with E-state index >= 15 is 0 Å². The van der Waals surface area contributed by atoms with Crippen molar-refractivity contribution in [3.05, 3.63) is 40.4 Å². The lowest BCUT2D eigenvalue weighted by atomic mass is 10.2. The minimum absolute atomic E-state index is 0.236. The van der Waals surface area contributed by atoms with E-state index in [4.69, 9.17) is 22.4 Å². The Morgan fingerprint density at radius 1 is 1.44 bits per heavy atom. The molecule has 3 N–H and O–H groups in total. The molecule has 0 aliphatic rings. The van der Waals surface area contributed by atoms with Crippen molar-refractivity contribution in [3.63, 3.8) is 0 Å². The van der Waals surface area contributed by atoms with E-state index in [2.05, 4.69) is 4.98 Å². The van der Waals surface area contributed by atoms with Crippen LogP contribution < -0.4 is 5.73 Å². The van der Waals surface area contributed by atoms with Gasteiger partial charge in [-0.2, -0.15) is 0 Å². The molecule has 1 heterocycles. The van der Waals surface area contributed by atoms with E-state index in [9.17, 15) is 4.79 Å². The van der Waals surface area contributed by atoms with Crippen molar-refractivity contribution in [1.29, 1.82) is 0 Å². The zero-order chi connectivity index (χ0) is 13.1. The van der Waals surface area contributed by atoms with E-state index in [0.29, 0.717) is 10.7 Å². The molecule has 1 aromatic carbocycles. The number of rotatable bonds is 4. The highest BCUT2D eigenvalue weighted by molar-refractivity contribution is 7.13. The third-order valence-corrected chi connectivity index (χ3v) is 3.58. The highest BCUT2D eigenvalue weighted by Gasteiger charge is 2.14. The molecule has 1 aromatic heterocycles. The Bertz CT molecular complexity index is 553. The standard InChI is InChI=1S/C12H11ClN2O2S/c13-8-3-1-7(2-4-8)11-15-9(6-18-11)5-10(14)12(16)17/h1-4,6,10H,5,14H2,(H,16,17). The van der Waals surface area contributed by atoms with Crippen molar-refractivity contribution in [2.75, 3.05) is 0 Å². The molecule has 1 unspecified atom stereocenters. The topological polar surface area (TPSA) is 76.2 Å². The van der Waals surface area contributed by atoms with Gasteiger partial charge in [-0.1, -0.05) is 23.7 Å². The summed E-state index contributed by atoms with van der Waals surface area (Å²) in [4.78, 5) is 15.0. The van der Waals surface area contributed by atoms with E-state index < -0.39 is 12.0 Å². The largest absolute Gasteiger partial charge is 0.480 e. The van der Waals surface area contributed by atoms with Crippen LogP contribution in [-0.2, 0) is 11.2 Å². The van der Waals surface area contributed by atoms with Crippen molar-refractivity contribution >= 4 is 28.9 Å². The predicted molar refractivity (Wildman–Crippen MR) is 71.9 cm³/mol. The predicted octanol–water partition coefficient (Wildman–Crippen LogP) is 2.42. The Balaban J connectivity index is 2.15. The fourth-order valence-corrected chi connectivity index (χ4v) is 2.40. The van der Waals surface area contributed by atoms with Crippen molar-refractivity contribution in [3.8, 4) is 10.6 Å². The van der Waals surface area contributed by atoms with Gasteiger partial charge in [-0.3, -0.25) is 4.79 Å². The molecule has 2 rings (SSSR count). The lowest BCUT2D eigenvalue weighted by molar-refractivity contribution is -0.138. The monoisotopic (exact) mass is 282 g/mol. The normalized spacial score (nSPS) is 12.3. The zero-order valence-corrected chi connectivity index (χ0v) is 10.9. The van der Waals surface area contributed by atoms with Gasteiger partial charge in [0.2, 0.25) is 0 Å². The molecule has 0 saturated heterocycles. The second kappa shape index (κ2) is 5.48. The Labute approximate surface area is 113 Å². The number of carboxylic acid groups (broad SMARTS) is 1. The molecule has 6 heteroatoms. The minimum atomic E-state index is -1.02. The lowest BCUT2D eigenvalue weighted by Gasteiger charge is -2.02. The number of aromatic nitrogens is 1. The number of carboxylic acids is 1. The Morgan fingerprint density at radius 2 is 2.11 bits per heavy atom. The first-order valence-electron chi connectivity index (χ1n) is 5.25. The maximum absolute atomic E-state index is 10.7. The maximum atomic E-state index is 10.7. The maximum Gasteiger partial charge on any atom is 0.320 e. The summed E-state index contributed by atoms with van der Waals surface area (Å²) >= 11 is 7.27. The van der Waals surface area contributed by atoms with E-state index in [0.717, 1.165) is 10.6 Å². The number of aliphatic carboxylic acids is 1. The Morgan fingerprint density at radius 3 is 2.72 bits per heavy atom. The van der Waals surface area contributed by atoms with Gasteiger partial charge in [0.1, 0.15) is 11.0 Å². The summed E-state index contributed by atoms with van der Waals surface area (Å²) in [6.45, 7) is 0. The van der Waals surface area contributed by atoms with Crippen LogP contribution in [0.25, 0.3) is 10.6 Å². The highest BCUT2D eigenvalue weighted by Crippen LogP contribution is 2.25. The molecule has 0 saturated carbocycles. The first-order valence-corrected chi connectivity index (χ1v) is 6.51. The van der Waals surface area contributed by atoms with Crippen LogP contribution in [0.4, 0.5) is 0 Å². The molecule has 0 radical (unpaired) electrons. The van der Waals surface area contributed by atoms with Crippen molar-refractivity contribution < 1.29 is 9.90 Å². The van der Waals surface area contributed by atoms with Crippen LogP contribution in [0.2, 0.25) is 5.02 Å². The molecule has 0 aliphatic heterocycles. The average Bonchev–Trinajstić information content (AvgIpc) is 2.78. The van der Waals surface area contributed by atoms with Gasteiger partial charge < -0.3 is 10.8 Å².